The van der Waals surface area contributed by atoms with E-state index in [0.717, 1.165) is 39.4 Å². The van der Waals surface area contributed by atoms with Crippen molar-refractivity contribution in [1.82, 2.24) is 20.5 Å². The second-order valence-corrected chi connectivity index (χ2v) is 6.95. The van der Waals surface area contributed by atoms with Gasteiger partial charge in [0.2, 0.25) is 0 Å². The van der Waals surface area contributed by atoms with Crippen LogP contribution < -0.4 is 21.4 Å². The first-order valence-electron chi connectivity index (χ1n) is 9.62. The lowest BCUT2D eigenvalue weighted by Gasteiger charge is -2.17. The van der Waals surface area contributed by atoms with E-state index in [1.54, 1.807) is 6.20 Å². The Morgan fingerprint density at radius 3 is 2.87 bits per heavy atom. The molecule has 3 N–H and O–H groups in total. The molecule has 0 fully saturated rings. The molecular formula is C22H20N8. The van der Waals surface area contributed by atoms with Crippen molar-refractivity contribution in [2.24, 2.45) is 5.10 Å². The maximum Gasteiger partial charge on any atom is 0.170 e. The van der Waals surface area contributed by atoms with E-state index in [1.165, 1.54) is 0 Å². The maximum atomic E-state index is 4.80. The number of hydrazine groups is 2. The molecule has 0 atom stereocenters. The number of rotatable bonds is 5. The van der Waals surface area contributed by atoms with E-state index in [9.17, 15) is 0 Å². The molecule has 5 rings (SSSR count). The zero-order valence-electron chi connectivity index (χ0n) is 16.4. The van der Waals surface area contributed by atoms with Gasteiger partial charge in [0, 0.05) is 17.8 Å². The average Bonchev–Trinajstić information content (AvgIpc) is 3.20. The van der Waals surface area contributed by atoms with Crippen LogP contribution in [0.3, 0.4) is 0 Å². The summed E-state index contributed by atoms with van der Waals surface area (Å²) in [5, 5.41) is 7.51. The summed E-state index contributed by atoms with van der Waals surface area (Å²) in [5.41, 5.74) is 13.9. The molecule has 0 amide bonds. The molecule has 0 aliphatic carbocycles. The van der Waals surface area contributed by atoms with Crippen LogP contribution in [0.4, 0.5) is 17.3 Å². The first-order valence-corrected chi connectivity index (χ1v) is 9.62. The number of nitrogens with zero attached hydrogens (tertiary/aromatic N) is 5. The lowest BCUT2D eigenvalue weighted by Crippen LogP contribution is -2.35. The third kappa shape index (κ3) is 3.63. The molecule has 0 unspecified atom stereocenters. The van der Waals surface area contributed by atoms with Crippen molar-refractivity contribution in [2.45, 2.75) is 13.5 Å². The van der Waals surface area contributed by atoms with Crippen LogP contribution in [-0.2, 0) is 6.54 Å². The molecule has 0 saturated carbocycles. The molecule has 1 aromatic carbocycles. The molecule has 148 valence electrons. The Hall–Kier alpha value is -4.04. The number of fused-ring (bicyclic) bond motifs is 2. The smallest absolute Gasteiger partial charge is 0.170 e. The molecular weight excluding hydrogens is 376 g/mol. The fourth-order valence-corrected chi connectivity index (χ4v) is 3.28. The maximum absolute atomic E-state index is 4.80. The summed E-state index contributed by atoms with van der Waals surface area (Å²) in [4.78, 5) is 13.4. The Kier molecular flexibility index (Phi) is 4.66. The van der Waals surface area contributed by atoms with Crippen molar-refractivity contribution >= 4 is 33.9 Å². The lowest BCUT2D eigenvalue weighted by atomic mass is 10.1. The molecule has 3 aromatic heterocycles. The van der Waals surface area contributed by atoms with Crippen molar-refractivity contribution in [3.8, 4) is 0 Å². The molecule has 0 saturated heterocycles. The lowest BCUT2D eigenvalue weighted by molar-refractivity contribution is 0.717. The van der Waals surface area contributed by atoms with E-state index >= 15 is 0 Å². The first-order chi connectivity index (χ1) is 14.8. The van der Waals surface area contributed by atoms with Crippen molar-refractivity contribution in [2.75, 3.05) is 15.9 Å². The Labute approximate surface area is 173 Å². The molecule has 0 radical (unpaired) electrons. The fourth-order valence-electron chi connectivity index (χ4n) is 3.28. The minimum absolute atomic E-state index is 0.656. The summed E-state index contributed by atoms with van der Waals surface area (Å²) >= 11 is 0. The summed E-state index contributed by atoms with van der Waals surface area (Å²) in [7, 11) is 0. The number of hydrogen-bond donors (Lipinski definition) is 3. The van der Waals surface area contributed by atoms with Crippen LogP contribution in [0.5, 0.6) is 0 Å². The molecule has 0 spiro atoms. The number of anilines is 3. The molecule has 1 aliphatic rings. The average molecular weight is 396 g/mol. The Morgan fingerprint density at radius 1 is 1.03 bits per heavy atom. The number of pyridine rings is 3. The highest BCUT2D eigenvalue weighted by molar-refractivity contribution is 5.98. The Balaban J connectivity index is 1.37. The summed E-state index contributed by atoms with van der Waals surface area (Å²) in [6, 6.07) is 19.9. The molecule has 4 heterocycles. The molecule has 0 bridgehead atoms. The van der Waals surface area contributed by atoms with Gasteiger partial charge in [-0.2, -0.15) is 5.10 Å². The standard InChI is InChI=1S/C22H20N8/c1-15(26-28-21-6-2-3-11-24-21)18-9-10-20-22(25-18)30(29-27-20)14-16-7-8-19-17(13-16)5-4-12-23-19/h2-13,27,29H,14H2,1H3,(H,24,28)/b26-15+. The van der Waals surface area contributed by atoms with E-state index in [2.05, 4.69) is 49.7 Å². The summed E-state index contributed by atoms with van der Waals surface area (Å²) in [6.45, 7) is 2.57. The number of benzene rings is 1. The highest BCUT2D eigenvalue weighted by atomic mass is 15.7. The predicted octanol–water partition coefficient (Wildman–Crippen LogP) is 3.71. The first kappa shape index (κ1) is 18.0. The monoisotopic (exact) mass is 396 g/mol. The van der Waals surface area contributed by atoms with Gasteiger partial charge in [0.15, 0.2) is 5.82 Å². The largest absolute Gasteiger partial charge is 0.300 e. The third-order valence-electron chi connectivity index (χ3n) is 4.84. The van der Waals surface area contributed by atoms with Crippen LogP contribution in [0.2, 0.25) is 0 Å². The zero-order chi connectivity index (χ0) is 20.3. The van der Waals surface area contributed by atoms with Crippen molar-refractivity contribution in [3.63, 3.8) is 0 Å². The molecule has 8 nitrogen and oxygen atoms in total. The van der Waals surface area contributed by atoms with Gasteiger partial charge in [0.25, 0.3) is 0 Å². The summed E-state index contributed by atoms with van der Waals surface area (Å²) < 4.78 is 0. The van der Waals surface area contributed by atoms with Gasteiger partial charge in [-0.05, 0) is 55.0 Å². The zero-order valence-corrected chi connectivity index (χ0v) is 16.4. The fraction of sp³-hybridized carbons (Fsp3) is 0.0909. The predicted molar refractivity (Wildman–Crippen MR) is 119 cm³/mol. The molecule has 30 heavy (non-hydrogen) atoms. The van der Waals surface area contributed by atoms with Gasteiger partial charge in [-0.15, -0.1) is 5.53 Å². The molecule has 1 aliphatic heterocycles. The number of hydrogen-bond acceptors (Lipinski definition) is 8. The van der Waals surface area contributed by atoms with Crippen LogP contribution in [0.25, 0.3) is 10.9 Å². The number of hydrazone groups is 1. The van der Waals surface area contributed by atoms with E-state index in [-0.39, 0.29) is 0 Å². The van der Waals surface area contributed by atoms with Crippen molar-refractivity contribution in [3.05, 3.63) is 84.3 Å². The second kappa shape index (κ2) is 7.76. The van der Waals surface area contributed by atoms with Crippen molar-refractivity contribution < 1.29 is 0 Å². The van der Waals surface area contributed by atoms with Crippen LogP contribution in [0, 0.1) is 0 Å². The van der Waals surface area contributed by atoms with Crippen LogP contribution >= 0.6 is 0 Å². The van der Waals surface area contributed by atoms with Gasteiger partial charge in [0.1, 0.15) is 5.82 Å². The van der Waals surface area contributed by atoms with Gasteiger partial charge in [-0.25, -0.2) is 9.97 Å². The number of aromatic nitrogens is 3. The van der Waals surface area contributed by atoms with Crippen LogP contribution in [-0.4, -0.2) is 20.7 Å². The minimum Gasteiger partial charge on any atom is -0.300 e. The van der Waals surface area contributed by atoms with E-state index in [1.807, 2.05) is 60.6 Å². The van der Waals surface area contributed by atoms with Crippen LogP contribution in [0.1, 0.15) is 18.2 Å². The minimum atomic E-state index is 0.656. The Morgan fingerprint density at radius 2 is 1.97 bits per heavy atom. The summed E-state index contributed by atoms with van der Waals surface area (Å²) in [6.07, 6.45) is 3.53. The quantitative estimate of drug-likeness (QED) is 0.350. The van der Waals surface area contributed by atoms with Gasteiger partial charge in [0.05, 0.1) is 29.2 Å². The van der Waals surface area contributed by atoms with E-state index in [0.29, 0.717) is 12.4 Å². The number of nitrogens with one attached hydrogen (secondary N) is 3. The van der Waals surface area contributed by atoms with E-state index in [4.69, 9.17) is 4.98 Å². The topological polar surface area (TPSA) is 90.4 Å². The molecule has 8 heteroatoms. The highest BCUT2D eigenvalue weighted by Crippen LogP contribution is 2.28. The summed E-state index contributed by atoms with van der Waals surface area (Å²) in [5.74, 6) is 1.51. The normalized spacial score (nSPS) is 13.2. The van der Waals surface area contributed by atoms with Crippen LogP contribution in [0.15, 0.2) is 78.2 Å². The van der Waals surface area contributed by atoms with Gasteiger partial charge in [-0.3, -0.25) is 15.4 Å². The third-order valence-corrected chi connectivity index (χ3v) is 4.84. The highest BCUT2D eigenvalue weighted by Gasteiger charge is 2.21. The Bertz CT molecular complexity index is 1220. The van der Waals surface area contributed by atoms with Gasteiger partial charge >= 0.3 is 0 Å². The molecule has 4 aromatic rings. The van der Waals surface area contributed by atoms with Gasteiger partial charge in [-0.1, -0.05) is 18.2 Å². The van der Waals surface area contributed by atoms with Gasteiger partial charge < -0.3 is 5.43 Å². The van der Waals surface area contributed by atoms with Crippen molar-refractivity contribution in [1.29, 1.82) is 0 Å². The van der Waals surface area contributed by atoms with E-state index < -0.39 is 0 Å². The SMILES string of the molecule is C/C(=N\Nc1ccccn1)c1ccc2c(n1)N(Cc1ccc3ncccc3c1)NN2. The second-order valence-electron chi connectivity index (χ2n) is 6.95.